The number of hydrogen-bond donors (Lipinski definition) is 3. The van der Waals surface area contributed by atoms with Crippen molar-refractivity contribution in [3.63, 3.8) is 0 Å². The Morgan fingerprint density at radius 2 is 1.77 bits per heavy atom. The van der Waals surface area contributed by atoms with E-state index in [9.17, 15) is 19.2 Å². The average Bonchev–Trinajstić information content (AvgIpc) is 2.75. The van der Waals surface area contributed by atoms with E-state index in [2.05, 4.69) is 43.2 Å². The van der Waals surface area contributed by atoms with Crippen LogP contribution in [0.5, 0.6) is 0 Å². The van der Waals surface area contributed by atoms with Gasteiger partial charge in [-0.3, -0.25) is 19.2 Å². The number of methoxy groups -OCH3 is 1. The summed E-state index contributed by atoms with van der Waals surface area (Å²) in [5.74, 6) is -1.52. The molecule has 31 heavy (non-hydrogen) atoms. The third-order valence-corrected chi connectivity index (χ3v) is 5.16. The molecule has 1 rings (SSSR count). The second kappa shape index (κ2) is 13.8. The first-order chi connectivity index (χ1) is 14.7. The number of unbranched alkanes of at least 4 members (excludes halogenated alkanes) is 1. The highest BCUT2D eigenvalue weighted by Gasteiger charge is 2.18. The summed E-state index contributed by atoms with van der Waals surface area (Å²) in [4.78, 5) is 47.6. The summed E-state index contributed by atoms with van der Waals surface area (Å²) in [6.45, 7) is 5.09. The zero-order chi connectivity index (χ0) is 23.4. The molecule has 10 heteroatoms. The second-order valence-electron chi connectivity index (χ2n) is 6.80. The van der Waals surface area contributed by atoms with Crippen molar-refractivity contribution in [2.24, 2.45) is 0 Å². The lowest BCUT2D eigenvalue weighted by molar-refractivity contribution is -0.140. The lowest BCUT2D eigenvalue weighted by Gasteiger charge is -2.15. The molecule has 0 fully saturated rings. The van der Waals surface area contributed by atoms with Gasteiger partial charge in [0.1, 0.15) is 6.04 Å². The predicted molar refractivity (Wildman–Crippen MR) is 123 cm³/mol. The molecular weight excluding hydrogens is 490 g/mol. The Labute approximate surface area is 195 Å². The van der Waals surface area contributed by atoms with Gasteiger partial charge < -0.3 is 20.7 Å². The van der Waals surface area contributed by atoms with Crippen molar-refractivity contribution in [2.45, 2.75) is 49.9 Å². The van der Waals surface area contributed by atoms with E-state index in [1.165, 1.54) is 14.0 Å². The minimum Gasteiger partial charge on any atom is -0.469 e. The standard InChI is InChI=1S/C21H27BrClN3O5/c1-13(24-18(27)6-4-5-7-19(28)31-3)20(29)25-14(2)21(30)26-17-9-15(11-22)8-16(10-17)12-23/h8-10,13H,2,4-7,11-12H2,1,3H3,(H,24,27)(H,25,29)(H,26,30)/t13-/m0/s1. The van der Waals surface area contributed by atoms with Crippen LogP contribution in [0.25, 0.3) is 0 Å². The van der Waals surface area contributed by atoms with Crippen LogP contribution in [-0.4, -0.2) is 36.8 Å². The van der Waals surface area contributed by atoms with Crippen molar-refractivity contribution in [2.75, 3.05) is 12.4 Å². The smallest absolute Gasteiger partial charge is 0.305 e. The number of rotatable bonds is 12. The number of nitrogens with one attached hydrogen (secondary N) is 3. The molecule has 3 amide bonds. The fourth-order valence-electron chi connectivity index (χ4n) is 2.55. The molecule has 0 heterocycles. The van der Waals surface area contributed by atoms with Crippen molar-refractivity contribution in [3.8, 4) is 0 Å². The number of benzene rings is 1. The average molecular weight is 517 g/mol. The van der Waals surface area contributed by atoms with Crippen LogP contribution < -0.4 is 16.0 Å². The summed E-state index contributed by atoms with van der Waals surface area (Å²) >= 11 is 9.24. The summed E-state index contributed by atoms with van der Waals surface area (Å²) in [5, 5.41) is 8.20. The van der Waals surface area contributed by atoms with Crippen LogP contribution in [0.1, 0.15) is 43.7 Å². The quantitative estimate of drug-likeness (QED) is 0.171. The number of carbonyl (C=O) groups excluding carboxylic acids is 4. The molecule has 1 atom stereocenters. The normalized spacial score (nSPS) is 11.2. The maximum absolute atomic E-state index is 12.4. The predicted octanol–water partition coefficient (Wildman–Crippen LogP) is 3.13. The Hall–Kier alpha value is -2.39. The van der Waals surface area contributed by atoms with Gasteiger partial charge >= 0.3 is 5.97 Å². The van der Waals surface area contributed by atoms with Crippen molar-refractivity contribution in [1.82, 2.24) is 10.6 Å². The van der Waals surface area contributed by atoms with Gasteiger partial charge in [0, 0.05) is 29.7 Å². The van der Waals surface area contributed by atoms with Crippen LogP contribution in [0.3, 0.4) is 0 Å². The molecule has 0 aliphatic heterocycles. The van der Waals surface area contributed by atoms with Crippen LogP contribution in [0.2, 0.25) is 0 Å². The monoisotopic (exact) mass is 515 g/mol. The first-order valence-electron chi connectivity index (χ1n) is 9.62. The van der Waals surface area contributed by atoms with Gasteiger partial charge in [0.2, 0.25) is 11.8 Å². The number of halogens is 2. The Kier molecular flexibility index (Phi) is 11.9. The van der Waals surface area contributed by atoms with E-state index >= 15 is 0 Å². The first kappa shape index (κ1) is 26.6. The van der Waals surface area contributed by atoms with Gasteiger partial charge in [0.15, 0.2) is 0 Å². The molecule has 0 saturated carbocycles. The molecule has 0 radical (unpaired) electrons. The van der Waals surface area contributed by atoms with Gasteiger partial charge in [0.05, 0.1) is 12.8 Å². The van der Waals surface area contributed by atoms with Gasteiger partial charge in [-0.2, -0.15) is 0 Å². The van der Waals surface area contributed by atoms with Crippen molar-refractivity contribution in [3.05, 3.63) is 41.6 Å². The molecule has 1 aromatic carbocycles. The highest BCUT2D eigenvalue weighted by molar-refractivity contribution is 9.08. The fraction of sp³-hybridized carbons (Fsp3) is 0.429. The van der Waals surface area contributed by atoms with E-state index < -0.39 is 17.9 Å². The number of hydrogen-bond acceptors (Lipinski definition) is 5. The van der Waals surface area contributed by atoms with Crippen LogP contribution >= 0.6 is 27.5 Å². The van der Waals surface area contributed by atoms with E-state index in [0.29, 0.717) is 29.7 Å². The molecule has 8 nitrogen and oxygen atoms in total. The number of carbonyl (C=O) groups is 4. The molecule has 3 N–H and O–H groups in total. The number of esters is 1. The van der Waals surface area contributed by atoms with Gasteiger partial charge in [-0.15, -0.1) is 11.6 Å². The number of anilines is 1. The van der Waals surface area contributed by atoms with Crippen LogP contribution in [0.4, 0.5) is 5.69 Å². The Balaban J connectivity index is 2.49. The maximum Gasteiger partial charge on any atom is 0.305 e. The molecular formula is C21H27BrClN3O5. The molecule has 0 unspecified atom stereocenters. The first-order valence-corrected chi connectivity index (χ1v) is 11.3. The number of alkyl halides is 2. The van der Waals surface area contributed by atoms with Crippen LogP contribution in [0.15, 0.2) is 30.5 Å². The van der Waals surface area contributed by atoms with E-state index in [-0.39, 0.29) is 30.4 Å². The molecule has 170 valence electrons. The minimum atomic E-state index is -0.864. The van der Waals surface area contributed by atoms with Gasteiger partial charge in [0.25, 0.3) is 5.91 Å². The molecule has 0 spiro atoms. The van der Waals surface area contributed by atoms with Gasteiger partial charge in [-0.05, 0) is 43.0 Å². The third kappa shape index (κ3) is 9.97. The van der Waals surface area contributed by atoms with Crippen molar-refractivity contribution >= 4 is 56.9 Å². The van der Waals surface area contributed by atoms with Gasteiger partial charge in [-0.25, -0.2) is 0 Å². The summed E-state index contributed by atoms with van der Waals surface area (Å²) in [7, 11) is 1.31. The molecule has 0 aliphatic rings. The number of amides is 3. The van der Waals surface area contributed by atoms with E-state index in [1.54, 1.807) is 12.1 Å². The highest BCUT2D eigenvalue weighted by atomic mass is 79.9. The SMILES string of the molecule is C=C(NC(=O)[C@H](C)NC(=O)CCCCC(=O)OC)C(=O)Nc1cc(CCl)cc(CBr)c1. The highest BCUT2D eigenvalue weighted by Crippen LogP contribution is 2.19. The number of ether oxygens (including phenoxy) is 1. The Morgan fingerprint density at radius 3 is 2.39 bits per heavy atom. The maximum atomic E-state index is 12.4. The zero-order valence-corrected chi connectivity index (χ0v) is 19.9. The van der Waals surface area contributed by atoms with E-state index in [1.807, 2.05) is 6.07 Å². The van der Waals surface area contributed by atoms with Crippen molar-refractivity contribution in [1.29, 1.82) is 0 Å². The molecule has 0 bridgehead atoms. The summed E-state index contributed by atoms with van der Waals surface area (Å²) in [6.07, 6.45) is 1.41. The summed E-state index contributed by atoms with van der Waals surface area (Å²) < 4.78 is 4.53. The van der Waals surface area contributed by atoms with Crippen LogP contribution in [-0.2, 0) is 35.1 Å². The topological polar surface area (TPSA) is 114 Å². The second-order valence-corrected chi connectivity index (χ2v) is 7.63. The van der Waals surface area contributed by atoms with E-state index in [4.69, 9.17) is 11.6 Å². The lowest BCUT2D eigenvalue weighted by Crippen LogP contribution is -2.45. The van der Waals surface area contributed by atoms with E-state index in [0.717, 1.165) is 11.1 Å². The van der Waals surface area contributed by atoms with Crippen LogP contribution in [0, 0.1) is 0 Å². The van der Waals surface area contributed by atoms with Crippen molar-refractivity contribution < 1.29 is 23.9 Å². The molecule has 1 aromatic rings. The van der Waals surface area contributed by atoms with Gasteiger partial charge in [-0.1, -0.05) is 28.6 Å². The lowest BCUT2D eigenvalue weighted by atomic mass is 10.1. The Morgan fingerprint density at radius 1 is 1.13 bits per heavy atom. The molecule has 0 aromatic heterocycles. The molecule has 0 aliphatic carbocycles. The summed E-state index contributed by atoms with van der Waals surface area (Å²) in [6, 6.07) is 4.56. The Bertz CT molecular complexity index is 809. The fourth-order valence-corrected chi connectivity index (χ4v) is 3.02. The largest absolute Gasteiger partial charge is 0.469 e. The minimum absolute atomic E-state index is 0.152. The third-order valence-electron chi connectivity index (χ3n) is 4.20. The summed E-state index contributed by atoms with van der Waals surface area (Å²) in [5.41, 5.74) is 2.15. The molecule has 0 saturated heterocycles. The zero-order valence-electron chi connectivity index (χ0n) is 17.6.